The van der Waals surface area contributed by atoms with Crippen LogP contribution in [0.1, 0.15) is 0 Å². The van der Waals surface area contributed by atoms with Gasteiger partial charge in [-0.2, -0.15) is 0 Å². The van der Waals surface area contributed by atoms with E-state index in [0.29, 0.717) is 0 Å². The van der Waals surface area contributed by atoms with Crippen molar-refractivity contribution in [3.8, 4) is 89.5 Å². The van der Waals surface area contributed by atoms with E-state index in [2.05, 4.69) is 218 Å². The van der Waals surface area contributed by atoms with Gasteiger partial charge >= 0.3 is 0 Å². The highest BCUT2D eigenvalue weighted by molar-refractivity contribution is 5.97. The Hall–Kier alpha value is -7.16. The van der Waals surface area contributed by atoms with Crippen molar-refractivity contribution in [1.82, 2.24) is 9.97 Å². The lowest BCUT2D eigenvalue weighted by molar-refractivity contribution is 1.32. The molecule has 9 aromatic rings. The zero-order valence-corrected chi connectivity index (χ0v) is 29.7. The smallest absolute Gasteiger partial charge is 0.0794 e. The number of hydrogen-bond donors (Lipinski definition) is 0. The number of benzene rings is 7. The lowest BCUT2D eigenvalue weighted by atomic mass is 9.87. The van der Waals surface area contributed by atoms with E-state index >= 15 is 0 Å². The van der Waals surface area contributed by atoms with Crippen LogP contribution in [0.2, 0.25) is 0 Å². The quantitative estimate of drug-likeness (QED) is 0.159. The van der Waals surface area contributed by atoms with Crippen molar-refractivity contribution in [2.24, 2.45) is 0 Å². The largest absolute Gasteiger partial charge is 0.247 e. The summed E-state index contributed by atoms with van der Waals surface area (Å²) < 4.78 is 0. The van der Waals surface area contributed by atoms with E-state index in [9.17, 15) is 0 Å². The fourth-order valence-corrected chi connectivity index (χ4v) is 7.29. The molecule has 2 nitrogen and oxygen atoms in total. The minimum Gasteiger partial charge on any atom is -0.247 e. The second kappa shape index (κ2) is 14.8. The van der Waals surface area contributed by atoms with Crippen LogP contribution in [0.3, 0.4) is 0 Å². The maximum Gasteiger partial charge on any atom is 0.0794 e. The first-order valence-corrected chi connectivity index (χ1v) is 18.3. The van der Waals surface area contributed by atoms with Gasteiger partial charge in [0.05, 0.1) is 22.8 Å². The molecule has 0 aliphatic heterocycles. The lowest BCUT2D eigenvalue weighted by Crippen LogP contribution is -1.98. The van der Waals surface area contributed by atoms with Gasteiger partial charge in [0.15, 0.2) is 0 Å². The van der Waals surface area contributed by atoms with E-state index in [4.69, 9.17) is 9.97 Å². The van der Waals surface area contributed by atoms with Crippen LogP contribution in [-0.2, 0) is 0 Å². The molecule has 7 aromatic carbocycles. The molecule has 0 amide bonds. The third-order valence-corrected chi connectivity index (χ3v) is 9.90. The summed E-state index contributed by atoms with van der Waals surface area (Å²) in [5.41, 5.74) is 17.1. The number of rotatable bonds is 8. The average molecular weight is 689 g/mol. The zero-order chi connectivity index (χ0) is 36.1. The first kappa shape index (κ1) is 32.7. The zero-order valence-electron chi connectivity index (χ0n) is 29.7. The van der Waals surface area contributed by atoms with Crippen LogP contribution in [0.5, 0.6) is 0 Å². The first-order valence-electron chi connectivity index (χ1n) is 18.3. The SMILES string of the molecule is c1ccc(-c2cc(-c3ccc(-c4cc(-c5ccccc5)nc(-c5ccccc5)c4-c4ccccc4)cc3)c(-c3ccccc3)c(-c3ccccc3)n2)cc1. The molecule has 0 spiro atoms. The Labute approximate surface area is 316 Å². The van der Waals surface area contributed by atoms with Gasteiger partial charge < -0.3 is 0 Å². The van der Waals surface area contributed by atoms with Gasteiger partial charge in [-0.15, -0.1) is 0 Å². The molecule has 0 unspecified atom stereocenters. The number of hydrogen-bond acceptors (Lipinski definition) is 2. The molecule has 0 radical (unpaired) electrons. The van der Waals surface area contributed by atoms with Crippen LogP contribution in [0.4, 0.5) is 0 Å². The van der Waals surface area contributed by atoms with Crippen LogP contribution in [-0.4, -0.2) is 9.97 Å². The number of pyridine rings is 2. The van der Waals surface area contributed by atoms with Crippen LogP contribution in [0.25, 0.3) is 89.5 Å². The summed E-state index contributed by atoms with van der Waals surface area (Å²) in [6.45, 7) is 0. The second-order valence-electron chi connectivity index (χ2n) is 13.3. The minimum atomic E-state index is 0.939. The Morgan fingerprint density at radius 3 is 0.778 bits per heavy atom. The highest BCUT2D eigenvalue weighted by Gasteiger charge is 2.21. The maximum absolute atomic E-state index is 5.36. The molecule has 254 valence electrons. The van der Waals surface area contributed by atoms with E-state index in [0.717, 1.165) is 89.5 Å². The van der Waals surface area contributed by atoms with Gasteiger partial charge in [-0.3, -0.25) is 0 Å². The van der Waals surface area contributed by atoms with E-state index < -0.39 is 0 Å². The summed E-state index contributed by atoms with van der Waals surface area (Å²) in [5, 5.41) is 0. The van der Waals surface area contributed by atoms with Crippen molar-refractivity contribution in [2.75, 3.05) is 0 Å². The second-order valence-corrected chi connectivity index (χ2v) is 13.3. The molecule has 0 N–H and O–H groups in total. The molecular formula is C52H36N2. The summed E-state index contributed by atoms with van der Waals surface area (Å²) in [6, 6.07) is 76.8. The molecule has 0 saturated carbocycles. The van der Waals surface area contributed by atoms with Crippen LogP contribution >= 0.6 is 0 Å². The van der Waals surface area contributed by atoms with Crippen molar-refractivity contribution >= 4 is 0 Å². The lowest BCUT2D eigenvalue weighted by Gasteiger charge is -2.19. The molecule has 2 aromatic heterocycles. The molecule has 0 bridgehead atoms. The standard InChI is InChI=1S/C52H36N2/c1-7-19-39(20-8-1)47-35-45(49(41-23-11-3-12-24-41)51(53-47)43-27-15-5-16-28-43)37-31-33-38(34-32-37)46-36-48(40-21-9-2-10-22-40)54-52(44-29-17-6-18-30-44)50(46)42-25-13-4-14-26-42/h1-36H. The molecule has 0 atom stereocenters. The Morgan fingerprint density at radius 2 is 0.481 bits per heavy atom. The highest BCUT2D eigenvalue weighted by Crippen LogP contribution is 2.44. The van der Waals surface area contributed by atoms with Crippen molar-refractivity contribution in [2.45, 2.75) is 0 Å². The summed E-state index contributed by atoms with van der Waals surface area (Å²) >= 11 is 0. The van der Waals surface area contributed by atoms with E-state index in [1.165, 1.54) is 0 Å². The monoisotopic (exact) mass is 688 g/mol. The van der Waals surface area contributed by atoms with Crippen molar-refractivity contribution < 1.29 is 0 Å². The van der Waals surface area contributed by atoms with Gasteiger partial charge in [0.2, 0.25) is 0 Å². The summed E-state index contributed by atoms with van der Waals surface area (Å²) in [6.07, 6.45) is 0. The van der Waals surface area contributed by atoms with Gasteiger partial charge in [0, 0.05) is 33.4 Å². The van der Waals surface area contributed by atoms with Crippen molar-refractivity contribution in [3.63, 3.8) is 0 Å². The predicted octanol–water partition coefficient (Wildman–Crippen LogP) is 13.8. The Balaban J connectivity index is 1.28. The van der Waals surface area contributed by atoms with Gasteiger partial charge in [0.25, 0.3) is 0 Å². The highest BCUT2D eigenvalue weighted by atomic mass is 14.7. The number of nitrogens with zero attached hydrogens (tertiary/aromatic N) is 2. The van der Waals surface area contributed by atoms with Crippen molar-refractivity contribution in [1.29, 1.82) is 0 Å². The van der Waals surface area contributed by atoms with Gasteiger partial charge in [-0.25, -0.2) is 9.97 Å². The first-order chi connectivity index (χ1) is 26.8. The third kappa shape index (κ3) is 6.53. The van der Waals surface area contributed by atoms with Crippen LogP contribution in [0.15, 0.2) is 218 Å². The van der Waals surface area contributed by atoms with Crippen molar-refractivity contribution in [3.05, 3.63) is 218 Å². The molecule has 54 heavy (non-hydrogen) atoms. The normalized spacial score (nSPS) is 11.0. The summed E-state index contributed by atoms with van der Waals surface area (Å²) in [4.78, 5) is 10.7. The molecular weight excluding hydrogens is 653 g/mol. The summed E-state index contributed by atoms with van der Waals surface area (Å²) in [5.74, 6) is 0. The van der Waals surface area contributed by atoms with Gasteiger partial charge in [-0.05, 0) is 45.5 Å². The molecule has 2 heterocycles. The van der Waals surface area contributed by atoms with Gasteiger partial charge in [-0.1, -0.05) is 206 Å². The topological polar surface area (TPSA) is 25.8 Å². The molecule has 0 aliphatic rings. The van der Waals surface area contributed by atoms with Gasteiger partial charge in [0.1, 0.15) is 0 Å². The Kier molecular flexibility index (Phi) is 8.99. The minimum absolute atomic E-state index is 0.939. The molecule has 2 heteroatoms. The Morgan fingerprint density at radius 1 is 0.222 bits per heavy atom. The van der Waals surface area contributed by atoms with E-state index in [1.807, 2.05) is 0 Å². The fourth-order valence-electron chi connectivity index (χ4n) is 7.29. The molecule has 0 aliphatic carbocycles. The van der Waals surface area contributed by atoms with E-state index in [1.54, 1.807) is 0 Å². The third-order valence-electron chi connectivity index (χ3n) is 9.90. The molecule has 0 fully saturated rings. The molecule has 9 rings (SSSR count). The Bertz CT molecular complexity index is 2450. The summed E-state index contributed by atoms with van der Waals surface area (Å²) in [7, 11) is 0. The molecule has 0 saturated heterocycles. The van der Waals surface area contributed by atoms with Crippen LogP contribution in [0, 0.1) is 0 Å². The number of aromatic nitrogens is 2. The predicted molar refractivity (Wildman–Crippen MR) is 226 cm³/mol. The maximum atomic E-state index is 5.36. The average Bonchev–Trinajstić information content (AvgIpc) is 3.27. The van der Waals surface area contributed by atoms with Crippen LogP contribution < -0.4 is 0 Å². The van der Waals surface area contributed by atoms with E-state index in [-0.39, 0.29) is 0 Å². The fraction of sp³-hybridized carbons (Fsp3) is 0.